The molecule has 0 bridgehead atoms. The number of aromatic nitrogens is 8. The van der Waals surface area contributed by atoms with Crippen LogP contribution in [0.4, 0.5) is 0 Å². The Morgan fingerprint density at radius 1 is 0.645 bits per heavy atom. The first-order chi connectivity index (χ1) is 12.5. The molecule has 2 N–H and O–H groups in total. The van der Waals surface area contributed by atoms with Crippen LogP contribution in [0.1, 0.15) is 0 Å². The van der Waals surface area contributed by atoms with Crippen LogP contribution in [0, 0.1) is 25.3 Å². The van der Waals surface area contributed by atoms with E-state index in [9.17, 15) is 0 Å². The SMILES string of the molecule is Cn1[c-][n+](C[n+]2[c-]n(C)cc2)cc1.Cn1[c-][n+](Cn2[c-][n+](C)cc2)cc1.O.[Ag+].[Ag+].[Cl-].[Cl-]. The van der Waals surface area contributed by atoms with Crippen molar-refractivity contribution in [3.05, 3.63) is 74.9 Å². The fourth-order valence-corrected chi connectivity index (χ4v) is 2.44. The van der Waals surface area contributed by atoms with Gasteiger partial charge in [-0.25, -0.2) is 0 Å². The van der Waals surface area contributed by atoms with E-state index < -0.39 is 0 Å². The van der Waals surface area contributed by atoms with Gasteiger partial charge in [0.05, 0.1) is 28.2 Å². The van der Waals surface area contributed by atoms with Crippen LogP contribution < -0.4 is 43.1 Å². The first-order valence-electron chi connectivity index (χ1n) is 8.24. The maximum atomic E-state index is 3.12. The molecular formula is C18H26Ag2Cl2N8O. The Bertz CT molecular complexity index is 828. The smallest absolute Gasteiger partial charge is 1.00 e. The summed E-state index contributed by atoms with van der Waals surface area (Å²) in [6.45, 7) is 1.50. The summed E-state index contributed by atoms with van der Waals surface area (Å²) in [6, 6.07) is 0. The number of halogens is 2. The van der Waals surface area contributed by atoms with E-state index >= 15 is 0 Å². The standard InChI is InChI=1S/2C9H12N4.2Ag.2ClH.H2O/c2*1-10-3-5-12(7-10)9-13-6-4-11(2)8-13;;;;;/h2*3-6H,9H2,1-2H3;;;2*1H;1H2/q;;2*+1;;;/p-2. The Kier molecular flexibility index (Phi) is 18.3. The number of aryl methyl sites for hydroxylation is 4. The Balaban J connectivity index is -0.000000436. The molecule has 0 aliphatic heterocycles. The second-order valence-electron chi connectivity index (χ2n) is 6.20. The molecule has 4 aromatic rings. The van der Waals surface area contributed by atoms with Crippen molar-refractivity contribution in [1.82, 2.24) is 18.3 Å². The molecule has 0 aliphatic carbocycles. The van der Waals surface area contributed by atoms with Crippen LogP contribution in [0.2, 0.25) is 0 Å². The molecule has 4 aromatic heterocycles. The molecule has 0 saturated heterocycles. The molecule has 4 heterocycles. The molecule has 13 heteroatoms. The minimum atomic E-state index is 0. The number of imidazole rings is 4. The van der Waals surface area contributed by atoms with E-state index in [2.05, 4.69) is 25.3 Å². The molecule has 0 aliphatic rings. The summed E-state index contributed by atoms with van der Waals surface area (Å²) in [5.74, 6) is 0. The third-order valence-corrected chi connectivity index (χ3v) is 3.64. The zero-order chi connectivity index (χ0) is 18.5. The Morgan fingerprint density at radius 2 is 1.06 bits per heavy atom. The molecule has 180 valence electrons. The summed E-state index contributed by atoms with van der Waals surface area (Å²) >= 11 is 0. The van der Waals surface area contributed by atoms with Gasteiger partial charge in [-0.1, -0.05) is 0 Å². The average molecular weight is 657 g/mol. The van der Waals surface area contributed by atoms with Gasteiger partial charge in [0.1, 0.15) is 0 Å². The largest absolute Gasteiger partial charge is 1.00 e. The normalized spacial score (nSPS) is 8.90. The van der Waals surface area contributed by atoms with Crippen LogP contribution in [-0.4, -0.2) is 23.7 Å². The number of rotatable bonds is 4. The summed E-state index contributed by atoms with van der Waals surface area (Å²) < 4.78 is 15.4. The predicted octanol–water partition coefficient (Wildman–Crippen LogP) is -8.73. The minimum Gasteiger partial charge on any atom is -1.00 e. The van der Waals surface area contributed by atoms with Crippen molar-refractivity contribution in [1.29, 1.82) is 0 Å². The van der Waals surface area contributed by atoms with Crippen LogP contribution in [0.5, 0.6) is 0 Å². The van der Waals surface area contributed by atoms with Crippen molar-refractivity contribution >= 4 is 0 Å². The van der Waals surface area contributed by atoms with Crippen LogP contribution in [0.25, 0.3) is 0 Å². The predicted molar refractivity (Wildman–Crippen MR) is 92.2 cm³/mol. The average Bonchev–Trinajstić information content (AvgIpc) is 3.35. The van der Waals surface area contributed by atoms with Gasteiger partial charge in [-0.15, -0.1) is 0 Å². The third-order valence-electron chi connectivity index (χ3n) is 3.64. The van der Waals surface area contributed by atoms with Crippen molar-refractivity contribution in [3.63, 3.8) is 0 Å². The van der Waals surface area contributed by atoms with Crippen molar-refractivity contribution < 1.29 is 93.3 Å². The van der Waals surface area contributed by atoms with Gasteiger partial charge in [0, 0.05) is 0 Å². The molecule has 9 nitrogen and oxygen atoms in total. The van der Waals surface area contributed by atoms with Gasteiger partial charge in [-0.3, -0.25) is 0 Å². The van der Waals surface area contributed by atoms with E-state index in [-0.39, 0.29) is 75.1 Å². The number of hydrogen-bond donors (Lipinski definition) is 0. The van der Waals surface area contributed by atoms with E-state index in [1.165, 1.54) is 0 Å². The molecule has 0 unspecified atom stereocenters. The molecule has 0 fully saturated rings. The van der Waals surface area contributed by atoms with Crippen LogP contribution in [-0.2, 0) is 86.3 Å². The van der Waals surface area contributed by atoms with E-state index in [4.69, 9.17) is 0 Å². The Labute approximate surface area is 226 Å². The van der Waals surface area contributed by atoms with Gasteiger partial charge in [0.15, 0.2) is 13.3 Å². The molecule has 0 amide bonds. The summed E-state index contributed by atoms with van der Waals surface area (Å²) in [6.07, 6.45) is 28.2. The Hall–Kier alpha value is -1.14. The van der Waals surface area contributed by atoms with Crippen molar-refractivity contribution in [2.45, 2.75) is 13.3 Å². The van der Waals surface area contributed by atoms with Gasteiger partial charge in [0.25, 0.3) is 0 Å². The van der Waals surface area contributed by atoms with E-state index in [0.717, 1.165) is 13.3 Å². The second-order valence-corrected chi connectivity index (χ2v) is 6.20. The summed E-state index contributed by atoms with van der Waals surface area (Å²) in [4.78, 5) is 0. The zero-order valence-corrected chi connectivity index (χ0v) is 21.9. The van der Waals surface area contributed by atoms with Gasteiger partial charge in [0.2, 0.25) is 25.3 Å². The molecular weight excluding hydrogens is 631 g/mol. The van der Waals surface area contributed by atoms with E-state index in [1.54, 1.807) is 0 Å². The topological polar surface area (TPSA) is 66.7 Å². The van der Waals surface area contributed by atoms with Gasteiger partial charge >= 0.3 is 44.8 Å². The fraction of sp³-hybridized carbons (Fsp3) is 0.333. The molecule has 0 saturated carbocycles. The van der Waals surface area contributed by atoms with Crippen molar-refractivity contribution in [3.8, 4) is 0 Å². The molecule has 4 rings (SSSR count). The Morgan fingerprint density at radius 3 is 1.39 bits per heavy atom. The minimum absolute atomic E-state index is 0. The maximum absolute atomic E-state index is 3.12. The quantitative estimate of drug-likeness (QED) is 0.119. The summed E-state index contributed by atoms with van der Waals surface area (Å²) in [5.41, 5.74) is 0. The molecule has 0 atom stereocenters. The zero-order valence-electron chi connectivity index (χ0n) is 17.5. The molecule has 0 radical (unpaired) electrons. The van der Waals surface area contributed by atoms with Crippen LogP contribution >= 0.6 is 0 Å². The fourth-order valence-electron chi connectivity index (χ4n) is 2.44. The third kappa shape index (κ3) is 11.3. The first kappa shape index (κ1) is 34.5. The first-order valence-corrected chi connectivity index (χ1v) is 8.24. The molecule has 31 heavy (non-hydrogen) atoms. The summed E-state index contributed by atoms with van der Waals surface area (Å²) in [5, 5.41) is 0. The summed E-state index contributed by atoms with van der Waals surface area (Å²) in [7, 11) is 7.82. The van der Waals surface area contributed by atoms with E-state index in [1.807, 2.05) is 114 Å². The van der Waals surface area contributed by atoms with Crippen molar-refractivity contribution in [2.75, 3.05) is 0 Å². The monoisotopic (exact) mass is 654 g/mol. The van der Waals surface area contributed by atoms with E-state index in [0.29, 0.717) is 0 Å². The molecule has 0 aromatic carbocycles. The second kappa shape index (κ2) is 16.5. The van der Waals surface area contributed by atoms with Gasteiger partial charge in [-0.2, -0.15) is 0 Å². The van der Waals surface area contributed by atoms with Gasteiger partial charge < -0.3 is 66.8 Å². The number of nitrogens with zero attached hydrogens (tertiary/aromatic N) is 8. The van der Waals surface area contributed by atoms with Crippen LogP contribution in [0.3, 0.4) is 0 Å². The van der Waals surface area contributed by atoms with Crippen LogP contribution in [0.15, 0.2) is 49.6 Å². The number of hydrogen-bond acceptors (Lipinski definition) is 0. The molecule has 0 spiro atoms. The van der Waals surface area contributed by atoms with Crippen molar-refractivity contribution in [2.24, 2.45) is 28.2 Å². The van der Waals surface area contributed by atoms with Gasteiger partial charge in [-0.05, 0) is 49.6 Å². The maximum Gasteiger partial charge on any atom is 1.00 e.